The van der Waals surface area contributed by atoms with E-state index in [4.69, 9.17) is 0 Å². The quantitative estimate of drug-likeness (QED) is 0.575. The Labute approximate surface area is 164 Å². The summed E-state index contributed by atoms with van der Waals surface area (Å²) in [6.07, 6.45) is 2.89. The summed E-state index contributed by atoms with van der Waals surface area (Å²) >= 11 is 1.35. The molecule has 146 valence electrons. The third kappa shape index (κ3) is 6.15. The van der Waals surface area contributed by atoms with Crippen molar-refractivity contribution in [2.75, 3.05) is 11.9 Å². The van der Waals surface area contributed by atoms with Gasteiger partial charge < -0.3 is 10.4 Å². The molecule has 2 atom stereocenters. The van der Waals surface area contributed by atoms with Gasteiger partial charge in [0.25, 0.3) is 0 Å². The van der Waals surface area contributed by atoms with Crippen LogP contribution >= 0.6 is 11.3 Å². The predicted molar refractivity (Wildman–Crippen MR) is 109 cm³/mol. The minimum absolute atomic E-state index is 0.0579. The van der Waals surface area contributed by atoms with E-state index in [1.165, 1.54) is 16.9 Å². The number of thiazole rings is 1. The molecule has 0 aliphatic heterocycles. The highest BCUT2D eigenvalue weighted by molar-refractivity contribution is 7.14. The van der Waals surface area contributed by atoms with Gasteiger partial charge >= 0.3 is 5.97 Å². The Kier molecular flexibility index (Phi) is 7.94. The van der Waals surface area contributed by atoms with Crippen LogP contribution in [0.4, 0.5) is 5.13 Å². The van der Waals surface area contributed by atoms with Crippen LogP contribution in [0.3, 0.4) is 0 Å². The molecular formula is C20H27N3O3S. The molecule has 0 spiro atoms. The number of hydrogen-bond acceptors (Lipinski definition) is 5. The molecule has 7 heteroatoms. The maximum atomic E-state index is 12.1. The van der Waals surface area contributed by atoms with Crippen molar-refractivity contribution in [3.63, 3.8) is 0 Å². The van der Waals surface area contributed by atoms with Crippen molar-refractivity contribution in [2.24, 2.45) is 5.92 Å². The Hall–Kier alpha value is -2.25. The number of carbonyl (C=O) groups is 2. The second-order valence-corrected chi connectivity index (χ2v) is 7.47. The van der Waals surface area contributed by atoms with E-state index in [9.17, 15) is 14.7 Å². The van der Waals surface area contributed by atoms with Crippen LogP contribution in [0.1, 0.15) is 39.2 Å². The first-order valence-corrected chi connectivity index (χ1v) is 10.1. The number of hydrogen-bond donors (Lipinski definition) is 3. The Morgan fingerprint density at radius 3 is 2.52 bits per heavy atom. The zero-order valence-corrected chi connectivity index (χ0v) is 16.8. The number of amides is 1. The van der Waals surface area contributed by atoms with E-state index in [2.05, 4.69) is 34.7 Å². The lowest BCUT2D eigenvalue weighted by Gasteiger charge is -2.19. The number of nitrogens with zero attached hydrogens (tertiary/aromatic N) is 1. The highest BCUT2D eigenvalue weighted by Crippen LogP contribution is 2.25. The summed E-state index contributed by atoms with van der Waals surface area (Å²) in [5.41, 5.74) is 3.12. The minimum atomic E-state index is -0.944. The predicted octanol–water partition coefficient (Wildman–Crippen LogP) is 3.79. The number of carboxylic acids is 1. The van der Waals surface area contributed by atoms with E-state index in [1.54, 1.807) is 0 Å². The highest BCUT2D eigenvalue weighted by Gasteiger charge is 2.23. The molecule has 3 N–H and O–H groups in total. The van der Waals surface area contributed by atoms with E-state index in [0.717, 1.165) is 30.5 Å². The molecule has 0 saturated carbocycles. The minimum Gasteiger partial charge on any atom is -0.480 e. The molecule has 27 heavy (non-hydrogen) atoms. The van der Waals surface area contributed by atoms with Gasteiger partial charge in [0.05, 0.1) is 12.2 Å². The second-order valence-electron chi connectivity index (χ2n) is 6.62. The fraction of sp³-hybridized carbons (Fsp3) is 0.450. The van der Waals surface area contributed by atoms with Crippen molar-refractivity contribution < 1.29 is 14.7 Å². The van der Waals surface area contributed by atoms with Gasteiger partial charge in [-0.15, -0.1) is 11.3 Å². The van der Waals surface area contributed by atoms with Crippen molar-refractivity contribution in [2.45, 2.75) is 46.1 Å². The van der Waals surface area contributed by atoms with Crippen molar-refractivity contribution >= 4 is 28.3 Å². The largest absolute Gasteiger partial charge is 0.480 e. The summed E-state index contributed by atoms with van der Waals surface area (Å²) in [6.45, 7) is 5.86. The van der Waals surface area contributed by atoms with E-state index in [1.807, 2.05) is 31.4 Å². The van der Waals surface area contributed by atoms with Gasteiger partial charge in [0.15, 0.2) is 5.13 Å². The van der Waals surface area contributed by atoms with Crippen LogP contribution in [-0.2, 0) is 16.0 Å². The van der Waals surface area contributed by atoms with Gasteiger partial charge in [0, 0.05) is 10.9 Å². The first kappa shape index (κ1) is 21.1. The molecule has 0 fully saturated rings. The maximum Gasteiger partial charge on any atom is 0.320 e. The first-order chi connectivity index (χ1) is 12.9. The van der Waals surface area contributed by atoms with E-state index in [-0.39, 0.29) is 18.4 Å². The normalized spacial score (nSPS) is 13.1. The van der Waals surface area contributed by atoms with Crippen LogP contribution in [0, 0.1) is 5.92 Å². The number of nitrogens with one attached hydrogen (secondary N) is 2. The van der Waals surface area contributed by atoms with Crippen molar-refractivity contribution in [1.82, 2.24) is 10.3 Å². The van der Waals surface area contributed by atoms with Gasteiger partial charge in [-0.3, -0.25) is 14.9 Å². The molecule has 1 heterocycles. The Balaban J connectivity index is 1.92. The van der Waals surface area contributed by atoms with Gasteiger partial charge in [-0.25, -0.2) is 4.98 Å². The summed E-state index contributed by atoms with van der Waals surface area (Å²) in [6, 6.07) is 7.53. The number of benzene rings is 1. The van der Waals surface area contributed by atoms with Crippen LogP contribution in [-0.4, -0.2) is 34.6 Å². The van der Waals surface area contributed by atoms with Gasteiger partial charge in [-0.2, -0.15) is 0 Å². The number of rotatable bonds is 10. The molecule has 0 aliphatic carbocycles. The summed E-state index contributed by atoms with van der Waals surface area (Å²) in [5.74, 6) is -1.30. The van der Waals surface area contributed by atoms with Gasteiger partial charge in [-0.05, 0) is 17.9 Å². The number of anilines is 1. The van der Waals surface area contributed by atoms with Gasteiger partial charge in [-0.1, -0.05) is 57.9 Å². The molecule has 2 rings (SSSR count). The molecular weight excluding hydrogens is 362 g/mol. The number of aromatic nitrogens is 1. The van der Waals surface area contributed by atoms with Gasteiger partial charge in [0.2, 0.25) is 5.91 Å². The lowest BCUT2D eigenvalue weighted by molar-refractivity contribution is -0.140. The van der Waals surface area contributed by atoms with Crippen LogP contribution < -0.4 is 10.6 Å². The number of carbonyl (C=O) groups excluding carboxylic acids is 1. The van der Waals surface area contributed by atoms with Crippen LogP contribution in [0.2, 0.25) is 0 Å². The molecule has 1 aromatic heterocycles. The van der Waals surface area contributed by atoms with Crippen LogP contribution in [0.5, 0.6) is 0 Å². The fourth-order valence-electron chi connectivity index (χ4n) is 2.73. The molecule has 0 radical (unpaired) electrons. The average Bonchev–Trinajstić information content (AvgIpc) is 3.10. The molecule has 0 bridgehead atoms. The summed E-state index contributed by atoms with van der Waals surface area (Å²) < 4.78 is 0. The summed E-state index contributed by atoms with van der Waals surface area (Å²) in [7, 11) is 0. The first-order valence-electron chi connectivity index (χ1n) is 9.25. The molecule has 0 saturated heterocycles. The van der Waals surface area contributed by atoms with E-state index in [0.29, 0.717) is 5.13 Å². The molecule has 0 unspecified atom stereocenters. The van der Waals surface area contributed by atoms with E-state index < -0.39 is 12.0 Å². The van der Waals surface area contributed by atoms with Crippen molar-refractivity contribution in [3.05, 3.63) is 35.2 Å². The molecule has 0 aliphatic rings. The summed E-state index contributed by atoms with van der Waals surface area (Å²) in [4.78, 5) is 27.9. The highest BCUT2D eigenvalue weighted by atomic mass is 32.1. The lowest BCUT2D eigenvalue weighted by atomic mass is 9.99. The van der Waals surface area contributed by atoms with E-state index >= 15 is 0 Å². The number of carboxylic acid groups (broad SMARTS) is 1. The molecule has 1 amide bonds. The van der Waals surface area contributed by atoms with Crippen molar-refractivity contribution in [3.8, 4) is 11.3 Å². The average molecular weight is 390 g/mol. The third-order valence-corrected chi connectivity index (χ3v) is 5.26. The SMILES string of the molecule is CCCc1ccc(-c2csc(NC(=O)CN[C@H](C(=O)O)[C@@H](C)CC)n2)cc1. The zero-order valence-electron chi connectivity index (χ0n) is 16.0. The van der Waals surface area contributed by atoms with Crippen molar-refractivity contribution in [1.29, 1.82) is 0 Å². The fourth-order valence-corrected chi connectivity index (χ4v) is 3.46. The Morgan fingerprint density at radius 1 is 1.22 bits per heavy atom. The third-order valence-electron chi connectivity index (χ3n) is 4.50. The van der Waals surface area contributed by atoms with Crippen LogP contribution in [0.15, 0.2) is 29.6 Å². The van der Waals surface area contributed by atoms with Crippen LogP contribution in [0.25, 0.3) is 11.3 Å². The molecule has 2 aromatic rings. The number of aryl methyl sites for hydroxylation is 1. The maximum absolute atomic E-state index is 12.1. The molecule has 1 aromatic carbocycles. The lowest BCUT2D eigenvalue weighted by Crippen LogP contribution is -2.45. The zero-order chi connectivity index (χ0) is 19.8. The number of aliphatic carboxylic acids is 1. The summed E-state index contributed by atoms with van der Waals surface area (Å²) in [5, 5.41) is 17.2. The standard InChI is InChI=1S/C20H27N3O3S/c1-4-6-14-7-9-15(10-8-14)16-12-27-20(22-16)23-17(24)11-21-18(19(25)26)13(3)5-2/h7-10,12-13,18,21H,4-6,11H2,1-3H3,(H,25,26)(H,22,23,24)/t13-,18-/m0/s1. The van der Waals surface area contributed by atoms with Gasteiger partial charge in [0.1, 0.15) is 6.04 Å². The Bertz CT molecular complexity index is 758. The topological polar surface area (TPSA) is 91.3 Å². The second kappa shape index (κ2) is 10.2. The molecule has 6 nitrogen and oxygen atoms in total. The smallest absolute Gasteiger partial charge is 0.320 e. The Morgan fingerprint density at radius 2 is 1.93 bits per heavy atom. The monoisotopic (exact) mass is 389 g/mol.